The van der Waals surface area contributed by atoms with E-state index in [1.807, 2.05) is 6.92 Å². The predicted molar refractivity (Wildman–Crippen MR) is 69.0 cm³/mol. The molecule has 0 saturated heterocycles. The number of benzene rings is 1. The molecule has 1 heterocycles. The standard InChI is InChI=1S/C12H14FN3OS/c1-7-15-6-11(18-7)12(16-14)9-5-8(13)3-4-10(9)17-2/h3-6,12,16H,14H2,1-2H3. The molecule has 1 atom stereocenters. The van der Waals surface area contributed by atoms with Gasteiger partial charge < -0.3 is 4.74 Å². The second kappa shape index (κ2) is 5.43. The average molecular weight is 267 g/mol. The third kappa shape index (κ3) is 2.50. The summed E-state index contributed by atoms with van der Waals surface area (Å²) in [7, 11) is 1.54. The summed E-state index contributed by atoms with van der Waals surface area (Å²) in [6.45, 7) is 1.91. The van der Waals surface area contributed by atoms with Crippen LogP contribution in [-0.4, -0.2) is 12.1 Å². The van der Waals surface area contributed by atoms with E-state index in [2.05, 4.69) is 10.4 Å². The summed E-state index contributed by atoms with van der Waals surface area (Å²) >= 11 is 1.51. The molecule has 6 heteroatoms. The van der Waals surface area contributed by atoms with Crippen molar-refractivity contribution < 1.29 is 9.13 Å². The SMILES string of the molecule is COc1ccc(F)cc1C(NN)c1cnc(C)s1. The molecule has 0 bridgehead atoms. The summed E-state index contributed by atoms with van der Waals surface area (Å²) in [6.07, 6.45) is 1.73. The zero-order valence-electron chi connectivity index (χ0n) is 10.1. The average Bonchev–Trinajstić information content (AvgIpc) is 2.77. The number of hydrogen-bond acceptors (Lipinski definition) is 5. The molecule has 0 amide bonds. The van der Waals surface area contributed by atoms with Crippen LogP contribution in [0, 0.1) is 12.7 Å². The van der Waals surface area contributed by atoms with E-state index < -0.39 is 0 Å². The molecule has 0 spiro atoms. The van der Waals surface area contributed by atoms with E-state index in [1.54, 1.807) is 19.4 Å². The van der Waals surface area contributed by atoms with Gasteiger partial charge in [0.15, 0.2) is 0 Å². The molecule has 0 aliphatic rings. The van der Waals surface area contributed by atoms with Gasteiger partial charge in [0, 0.05) is 16.6 Å². The first kappa shape index (κ1) is 12.9. The molecule has 18 heavy (non-hydrogen) atoms. The second-order valence-corrected chi connectivity index (χ2v) is 5.03. The maximum absolute atomic E-state index is 13.4. The van der Waals surface area contributed by atoms with Gasteiger partial charge in [-0.15, -0.1) is 11.3 Å². The summed E-state index contributed by atoms with van der Waals surface area (Å²) in [6, 6.07) is 4.02. The van der Waals surface area contributed by atoms with Gasteiger partial charge in [0.25, 0.3) is 0 Å². The highest BCUT2D eigenvalue weighted by atomic mass is 32.1. The number of nitrogens with one attached hydrogen (secondary N) is 1. The third-order valence-electron chi connectivity index (χ3n) is 2.59. The number of aryl methyl sites for hydroxylation is 1. The van der Waals surface area contributed by atoms with Crippen LogP contribution < -0.4 is 16.0 Å². The molecule has 0 fully saturated rings. The lowest BCUT2D eigenvalue weighted by Crippen LogP contribution is -2.28. The van der Waals surface area contributed by atoms with Crippen LogP contribution >= 0.6 is 11.3 Å². The molecular weight excluding hydrogens is 253 g/mol. The highest BCUT2D eigenvalue weighted by molar-refractivity contribution is 7.11. The fraction of sp³-hybridized carbons (Fsp3) is 0.250. The number of nitrogens with zero attached hydrogens (tertiary/aromatic N) is 1. The maximum atomic E-state index is 13.4. The van der Waals surface area contributed by atoms with Gasteiger partial charge in [-0.3, -0.25) is 5.84 Å². The van der Waals surface area contributed by atoms with Crippen molar-refractivity contribution in [1.82, 2.24) is 10.4 Å². The Kier molecular flexibility index (Phi) is 3.90. The minimum atomic E-state index is -0.332. The molecule has 2 rings (SSSR count). The Morgan fingerprint density at radius 3 is 2.83 bits per heavy atom. The number of thiazole rings is 1. The Hall–Kier alpha value is -1.50. The van der Waals surface area contributed by atoms with Crippen molar-refractivity contribution in [3.05, 3.63) is 45.7 Å². The third-order valence-corrected chi connectivity index (χ3v) is 3.57. The lowest BCUT2D eigenvalue weighted by atomic mass is 10.1. The Labute approximate surface area is 109 Å². The quantitative estimate of drug-likeness (QED) is 0.658. The molecule has 96 valence electrons. The van der Waals surface area contributed by atoms with E-state index in [9.17, 15) is 4.39 Å². The summed E-state index contributed by atoms with van der Waals surface area (Å²) in [5.74, 6) is 5.83. The van der Waals surface area contributed by atoms with Crippen LogP contribution in [0.15, 0.2) is 24.4 Å². The largest absolute Gasteiger partial charge is 0.496 e. The van der Waals surface area contributed by atoms with Crippen LogP contribution in [0.4, 0.5) is 4.39 Å². The Morgan fingerprint density at radius 2 is 2.28 bits per heavy atom. The molecule has 0 aliphatic heterocycles. The smallest absolute Gasteiger partial charge is 0.124 e. The van der Waals surface area contributed by atoms with Gasteiger partial charge in [0.05, 0.1) is 18.2 Å². The van der Waals surface area contributed by atoms with E-state index in [-0.39, 0.29) is 11.9 Å². The molecule has 2 aromatic rings. The Morgan fingerprint density at radius 1 is 1.50 bits per heavy atom. The van der Waals surface area contributed by atoms with Gasteiger partial charge in [-0.25, -0.2) is 14.8 Å². The molecule has 3 N–H and O–H groups in total. The van der Waals surface area contributed by atoms with Crippen molar-refractivity contribution >= 4 is 11.3 Å². The molecule has 0 aliphatic carbocycles. The normalized spacial score (nSPS) is 12.4. The number of aromatic nitrogens is 1. The van der Waals surface area contributed by atoms with E-state index in [0.29, 0.717) is 11.3 Å². The van der Waals surface area contributed by atoms with Crippen molar-refractivity contribution in [2.45, 2.75) is 13.0 Å². The van der Waals surface area contributed by atoms with Crippen molar-refractivity contribution in [2.75, 3.05) is 7.11 Å². The highest BCUT2D eigenvalue weighted by Crippen LogP contribution is 2.32. The Balaban J connectivity index is 2.47. The summed E-state index contributed by atoms with van der Waals surface area (Å²) in [5.41, 5.74) is 3.33. The van der Waals surface area contributed by atoms with E-state index in [4.69, 9.17) is 10.6 Å². The van der Waals surface area contributed by atoms with Crippen LogP contribution in [0.25, 0.3) is 0 Å². The molecule has 1 unspecified atom stereocenters. The van der Waals surface area contributed by atoms with Crippen molar-refractivity contribution in [1.29, 1.82) is 0 Å². The van der Waals surface area contributed by atoms with Crippen molar-refractivity contribution in [3.63, 3.8) is 0 Å². The van der Waals surface area contributed by atoms with E-state index >= 15 is 0 Å². The Bertz CT molecular complexity index is 544. The summed E-state index contributed by atoms with van der Waals surface area (Å²) < 4.78 is 18.6. The number of methoxy groups -OCH3 is 1. The number of hydrogen-bond donors (Lipinski definition) is 2. The van der Waals surface area contributed by atoms with Crippen LogP contribution in [0.1, 0.15) is 21.5 Å². The molecule has 4 nitrogen and oxygen atoms in total. The summed E-state index contributed by atoms with van der Waals surface area (Å²) in [5, 5.41) is 0.931. The zero-order chi connectivity index (χ0) is 13.1. The number of nitrogens with two attached hydrogens (primary N) is 1. The number of halogens is 1. The number of hydrazine groups is 1. The zero-order valence-corrected chi connectivity index (χ0v) is 10.9. The predicted octanol–water partition coefficient (Wildman–Crippen LogP) is 2.15. The summed E-state index contributed by atoms with van der Waals surface area (Å²) in [4.78, 5) is 5.09. The first-order chi connectivity index (χ1) is 8.65. The first-order valence-electron chi connectivity index (χ1n) is 5.37. The van der Waals surface area contributed by atoms with Gasteiger partial charge >= 0.3 is 0 Å². The van der Waals surface area contributed by atoms with E-state index in [1.165, 1.54) is 23.5 Å². The lowest BCUT2D eigenvalue weighted by molar-refractivity contribution is 0.403. The fourth-order valence-electron chi connectivity index (χ4n) is 1.77. The molecule has 1 aromatic carbocycles. The van der Waals surface area contributed by atoms with Crippen LogP contribution in [0.3, 0.4) is 0 Å². The molecule has 0 radical (unpaired) electrons. The van der Waals surface area contributed by atoms with Crippen molar-refractivity contribution in [3.8, 4) is 5.75 Å². The molecule has 1 aromatic heterocycles. The minimum absolute atomic E-state index is 0.327. The van der Waals surface area contributed by atoms with Gasteiger partial charge in [0.1, 0.15) is 11.6 Å². The van der Waals surface area contributed by atoms with Gasteiger partial charge in [-0.1, -0.05) is 0 Å². The van der Waals surface area contributed by atoms with E-state index in [0.717, 1.165) is 9.88 Å². The van der Waals surface area contributed by atoms with Crippen LogP contribution in [0.2, 0.25) is 0 Å². The van der Waals surface area contributed by atoms with Gasteiger partial charge in [0.2, 0.25) is 0 Å². The van der Waals surface area contributed by atoms with Crippen molar-refractivity contribution in [2.24, 2.45) is 5.84 Å². The maximum Gasteiger partial charge on any atom is 0.124 e. The molecule has 0 saturated carbocycles. The second-order valence-electron chi connectivity index (χ2n) is 3.77. The topological polar surface area (TPSA) is 60.2 Å². The van der Waals surface area contributed by atoms with Crippen LogP contribution in [-0.2, 0) is 0 Å². The van der Waals surface area contributed by atoms with Gasteiger partial charge in [-0.2, -0.15) is 0 Å². The molecular formula is C12H14FN3OS. The number of ether oxygens (including phenoxy) is 1. The lowest BCUT2D eigenvalue weighted by Gasteiger charge is -2.17. The minimum Gasteiger partial charge on any atom is -0.496 e. The fourth-order valence-corrected chi connectivity index (χ4v) is 2.63. The van der Waals surface area contributed by atoms with Gasteiger partial charge in [-0.05, 0) is 25.1 Å². The highest BCUT2D eigenvalue weighted by Gasteiger charge is 2.19. The monoisotopic (exact) mass is 267 g/mol. The van der Waals surface area contributed by atoms with Crippen LogP contribution in [0.5, 0.6) is 5.75 Å². The first-order valence-corrected chi connectivity index (χ1v) is 6.19. The number of rotatable bonds is 4.